The number of carbonyl (C=O) groups is 1. The minimum atomic E-state index is 0.0961. The Kier molecular flexibility index (Phi) is 2.44. The fourth-order valence-corrected chi connectivity index (χ4v) is 5.11. The second-order valence-electron chi connectivity index (χ2n) is 6.94. The van der Waals surface area contributed by atoms with Crippen molar-refractivity contribution in [2.75, 3.05) is 0 Å². The van der Waals surface area contributed by atoms with E-state index < -0.39 is 0 Å². The van der Waals surface area contributed by atoms with Gasteiger partial charge in [-0.15, -0.1) is 0 Å². The number of carbonyl (C=O) groups excluding carboxylic acids is 1. The molecule has 0 aliphatic heterocycles. The summed E-state index contributed by atoms with van der Waals surface area (Å²) >= 11 is 0. The van der Waals surface area contributed by atoms with Gasteiger partial charge in [0.05, 0.1) is 0 Å². The van der Waals surface area contributed by atoms with Crippen LogP contribution >= 0.6 is 0 Å². The van der Waals surface area contributed by atoms with Crippen LogP contribution in [0, 0.1) is 17.8 Å². The van der Waals surface area contributed by atoms with Gasteiger partial charge in [-0.25, -0.2) is 4.98 Å². The Morgan fingerprint density at radius 2 is 1.79 bits per heavy atom. The van der Waals surface area contributed by atoms with Crippen molar-refractivity contribution in [3.63, 3.8) is 0 Å². The molecule has 1 aromatic heterocycles. The first-order valence-corrected chi connectivity index (χ1v) is 7.51. The summed E-state index contributed by atoms with van der Waals surface area (Å²) in [5.41, 5.74) is 0.861. The summed E-state index contributed by atoms with van der Waals surface area (Å²) in [5, 5.41) is 3.38. The molecule has 1 heterocycles. The maximum Gasteiger partial charge on any atom is 0.257 e. The molecule has 4 aliphatic rings. The Hall–Kier alpha value is -1.38. The van der Waals surface area contributed by atoms with Crippen LogP contribution < -0.4 is 10.3 Å². The second kappa shape index (κ2) is 4.06. The van der Waals surface area contributed by atoms with E-state index in [0.29, 0.717) is 0 Å². The van der Waals surface area contributed by atoms with Gasteiger partial charge in [0.1, 0.15) is 5.56 Å². The molecule has 3 nitrogen and oxygen atoms in total. The smallest absolute Gasteiger partial charge is 0.257 e. The van der Waals surface area contributed by atoms with Crippen molar-refractivity contribution >= 4 is 5.91 Å². The van der Waals surface area contributed by atoms with Crippen LogP contribution in [0.15, 0.2) is 24.5 Å². The Morgan fingerprint density at radius 3 is 2.32 bits per heavy atom. The minimum Gasteiger partial charge on any atom is -0.346 e. The number of H-pyrrole nitrogens is 1. The standard InChI is InChI=1S/C16H20N2O/c19-15(14-2-1-3-17-10-14)18-16-7-11-4-12(8-16)6-13(5-11)9-16/h1-3,10-13H,4-9H2,(H,18,19)/p+1. The molecule has 0 atom stereocenters. The first-order valence-electron chi connectivity index (χ1n) is 7.51. The molecule has 1 aromatic rings. The molecule has 0 saturated heterocycles. The largest absolute Gasteiger partial charge is 0.346 e. The maximum absolute atomic E-state index is 12.4. The normalized spacial score (nSPS) is 39.3. The SMILES string of the molecule is O=C(NC12CC3CC(CC(C3)C1)C2)c1ccc[nH+]c1. The molecule has 0 unspecified atom stereocenters. The van der Waals surface area contributed by atoms with Crippen LogP contribution in [0.2, 0.25) is 0 Å². The van der Waals surface area contributed by atoms with Gasteiger partial charge in [-0.05, 0) is 62.3 Å². The molecule has 0 radical (unpaired) electrons. The summed E-state index contributed by atoms with van der Waals surface area (Å²) in [6.07, 6.45) is 11.5. The van der Waals surface area contributed by atoms with Crippen molar-refractivity contribution in [1.82, 2.24) is 5.32 Å². The molecule has 4 bridgehead atoms. The third kappa shape index (κ3) is 1.96. The summed E-state index contributed by atoms with van der Waals surface area (Å²) in [5.74, 6) is 2.70. The maximum atomic E-state index is 12.4. The number of aromatic amines is 1. The van der Waals surface area contributed by atoms with Crippen molar-refractivity contribution in [2.24, 2.45) is 17.8 Å². The Labute approximate surface area is 113 Å². The predicted octanol–water partition coefficient (Wildman–Crippen LogP) is 2.20. The average molecular weight is 257 g/mol. The summed E-state index contributed by atoms with van der Waals surface area (Å²) in [4.78, 5) is 15.4. The number of rotatable bonds is 2. The van der Waals surface area contributed by atoms with Gasteiger partial charge in [-0.3, -0.25) is 4.79 Å². The fraction of sp³-hybridized carbons (Fsp3) is 0.625. The van der Waals surface area contributed by atoms with Crippen LogP contribution in [0.4, 0.5) is 0 Å². The molecule has 1 amide bonds. The van der Waals surface area contributed by atoms with Gasteiger partial charge in [0.15, 0.2) is 12.4 Å². The van der Waals surface area contributed by atoms with E-state index in [1.54, 1.807) is 6.20 Å². The zero-order valence-electron chi connectivity index (χ0n) is 11.2. The van der Waals surface area contributed by atoms with E-state index in [1.165, 1.54) is 38.5 Å². The van der Waals surface area contributed by atoms with Crippen LogP contribution in [-0.4, -0.2) is 11.4 Å². The lowest BCUT2D eigenvalue weighted by Gasteiger charge is -2.56. The highest BCUT2D eigenvalue weighted by atomic mass is 16.1. The number of hydrogen-bond acceptors (Lipinski definition) is 1. The molecule has 0 aromatic carbocycles. The van der Waals surface area contributed by atoms with E-state index in [4.69, 9.17) is 0 Å². The second-order valence-corrected chi connectivity index (χ2v) is 6.94. The van der Waals surface area contributed by atoms with Crippen LogP contribution in [0.1, 0.15) is 48.9 Å². The fourth-order valence-electron chi connectivity index (χ4n) is 5.11. The molecule has 3 heteroatoms. The lowest BCUT2D eigenvalue weighted by atomic mass is 9.53. The third-order valence-corrected chi connectivity index (χ3v) is 5.39. The summed E-state index contributed by atoms with van der Waals surface area (Å²) in [6, 6.07) is 3.76. The Bertz CT molecular complexity index is 461. The Morgan fingerprint density at radius 1 is 1.16 bits per heavy atom. The van der Waals surface area contributed by atoms with Gasteiger partial charge in [-0.1, -0.05) is 0 Å². The lowest BCUT2D eigenvalue weighted by molar-refractivity contribution is -0.378. The van der Waals surface area contributed by atoms with E-state index >= 15 is 0 Å². The number of pyridine rings is 1. The van der Waals surface area contributed by atoms with E-state index in [2.05, 4.69) is 10.3 Å². The average Bonchev–Trinajstić information content (AvgIpc) is 2.37. The van der Waals surface area contributed by atoms with Gasteiger partial charge in [-0.2, -0.15) is 0 Å². The van der Waals surface area contributed by atoms with Gasteiger partial charge in [0.25, 0.3) is 5.91 Å². The van der Waals surface area contributed by atoms with Crippen molar-refractivity contribution in [2.45, 2.75) is 44.1 Å². The van der Waals surface area contributed by atoms with E-state index in [1.807, 2.05) is 18.3 Å². The minimum absolute atomic E-state index is 0.0961. The molecule has 5 rings (SSSR count). The van der Waals surface area contributed by atoms with Crippen molar-refractivity contribution in [3.8, 4) is 0 Å². The molecule has 2 N–H and O–H groups in total. The molecule has 4 saturated carbocycles. The van der Waals surface area contributed by atoms with E-state index in [-0.39, 0.29) is 11.4 Å². The first-order chi connectivity index (χ1) is 9.22. The van der Waals surface area contributed by atoms with Crippen molar-refractivity contribution < 1.29 is 9.78 Å². The van der Waals surface area contributed by atoms with Gasteiger partial charge >= 0.3 is 0 Å². The number of nitrogens with one attached hydrogen (secondary N) is 2. The monoisotopic (exact) mass is 257 g/mol. The molecule has 0 spiro atoms. The molecule has 19 heavy (non-hydrogen) atoms. The first kappa shape index (κ1) is 11.4. The van der Waals surface area contributed by atoms with Gasteiger partial charge in [0, 0.05) is 11.6 Å². The molecule has 100 valence electrons. The highest BCUT2D eigenvalue weighted by Crippen LogP contribution is 2.55. The summed E-state index contributed by atoms with van der Waals surface area (Å²) in [6.45, 7) is 0. The van der Waals surface area contributed by atoms with Crippen molar-refractivity contribution in [1.29, 1.82) is 0 Å². The molecule has 4 aliphatic carbocycles. The summed E-state index contributed by atoms with van der Waals surface area (Å²) < 4.78 is 0. The van der Waals surface area contributed by atoms with E-state index in [9.17, 15) is 4.79 Å². The predicted molar refractivity (Wildman–Crippen MR) is 71.4 cm³/mol. The van der Waals surface area contributed by atoms with Gasteiger partial charge in [0.2, 0.25) is 0 Å². The quantitative estimate of drug-likeness (QED) is 0.867. The molecular formula is C16H21N2O+. The van der Waals surface area contributed by atoms with Crippen LogP contribution in [0.5, 0.6) is 0 Å². The van der Waals surface area contributed by atoms with Crippen LogP contribution in [0.25, 0.3) is 0 Å². The van der Waals surface area contributed by atoms with E-state index in [0.717, 1.165) is 23.3 Å². The number of aromatic nitrogens is 1. The third-order valence-electron chi connectivity index (χ3n) is 5.39. The van der Waals surface area contributed by atoms with Gasteiger partial charge < -0.3 is 5.32 Å². The van der Waals surface area contributed by atoms with Crippen LogP contribution in [0.3, 0.4) is 0 Å². The lowest BCUT2D eigenvalue weighted by Crippen LogP contribution is -2.59. The number of hydrogen-bond donors (Lipinski definition) is 1. The topological polar surface area (TPSA) is 43.2 Å². The molecule has 4 fully saturated rings. The Balaban J connectivity index is 1.55. The zero-order chi connectivity index (χ0) is 12.9. The number of amides is 1. The zero-order valence-corrected chi connectivity index (χ0v) is 11.2. The highest BCUT2D eigenvalue weighted by molar-refractivity contribution is 5.94. The van der Waals surface area contributed by atoms with Crippen LogP contribution in [-0.2, 0) is 0 Å². The van der Waals surface area contributed by atoms with Crippen molar-refractivity contribution in [3.05, 3.63) is 30.1 Å². The molecular weight excluding hydrogens is 236 g/mol. The highest BCUT2D eigenvalue weighted by Gasteiger charge is 2.51. The summed E-state index contributed by atoms with van der Waals surface area (Å²) in [7, 11) is 0.